The molecule has 3 rings (SSSR count). The fraction of sp³-hybridized carbons (Fsp3) is 0.643. The van der Waals surface area contributed by atoms with Gasteiger partial charge in [-0.2, -0.15) is 0 Å². The summed E-state index contributed by atoms with van der Waals surface area (Å²) in [5, 5.41) is 12.2. The van der Waals surface area contributed by atoms with Crippen LogP contribution in [0.5, 0.6) is 0 Å². The summed E-state index contributed by atoms with van der Waals surface area (Å²) >= 11 is 0. The summed E-state index contributed by atoms with van der Waals surface area (Å²) in [6, 6.07) is 3.73. The van der Waals surface area contributed by atoms with E-state index in [0.717, 1.165) is 63.5 Å². The molecule has 3 heterocycles. The Hall–Kier alpha value is -1.69. The van der Waals surface area contributed by atoms with Crippen LogP contribution in [-0.2, 0) is 9.57 Å². The van der Waals surface area contributed by atoms with Crippen molar-refractivity contribution >= 4 is 11.5 Å². The molecule has 0 N–H and O–H groups in total. The van der Waals surface area contributed by atoms with Crippen LogP contribution in [-0.4, -0.2) is 48.3 Å². The second kappa shape index (κ2) is 6.65. The molecule has 1 aromatic rings. The standard InChI is InChI=1S/C14H19N4O2/c1-2-14(16-15-7-1)18-8-3-12(4-9-18)17-20-13-5-10-19-11-6-13/h1-2,13H,3-6,8-11H2. The second-order valence-electron chi connectivity index (χ2n) is 5.08. The summed E-state index contributed by atoms with van der Waals surface area (Å²) in [4.78, 5) is 7.84. The Bertz CT molecular complexity index is 436. The van der Waals surface area contributed by atoms with Gasteiger partial charge in [0, 0.05) is 38.8 Å². The van der Waals surface area contributed by atoms with E-state index in [0.29, 0.717) is 0 Å². The van der Waals surface area contributed by atoms with Crippen LogP contribution in [0.3, 0.4) is 0 Å². The lowest BCUT2D eigenvalue weighted by Gasteiger charge is -2.28. The van der Waals surface area contributed by atoms with Crippen molar-refractivity contribution in [2.45, 2.75) is 31.8 Å². The maximum Gasteiger partial charge on any atom is 0.151 e. The quantitative estimate of drug-likeness (QED) is 0.781. The lowest BCUT2D eigenvalue weighted by molar-refractivity contribution is -0.0304. The lowest BCUT2D eigenvalue weighted by Crippen LogP contribution is -2.34. The Morgan fingerprint density at radius 2 is 2.10 bits per heavy atom. The van der Waals surface area contributed by atoms with Crippen LogP contribution in [0.25, 0.3) is 0 Å². The predicted octanol–water partition coefficient (Wildman–Crippen LogP) is 1.43. The molecule has 20 heavy (non-hydrogen) atoms. The van der Waals surface area contributed by atoms with Gasteiger partial charge < -0.3 is 14.5 Å². The molecular weight excluding hydrogens is 256 g/mol. The van der Waals surface area contributed by atoms with E-state index in [1.807, 2.05) is 6.07 Å². The molecule has 1 aromatic heterocycles. The van der Waals surface area contributed by atoms with Gasteiger partial charge >= 0.3 is 0 Å². The molecule has 2 saturated heterocycles. The van der Waals surface area contributed by atoms with Crippen LogP contribution in [0, 0.1) is 6.20 Å². The number of nitrogens with zero attached hydrogens (tertiary/aromatic N) is 4. The van der Waals surface area contributed by atoms with Crippen molar-refractivity contribution in [1.29, 1.82) is 0 Å². The molecule has 1 radical (unpaired) electrons. The molecular formula is C14H19N4O2. The van der Waals surface area contributed by atoms with Crippen LogP contribution in [0.15, 0.2) is 17.3 Å². The molecule has 6 nitrogen and oxygen atoms in total. The van der Waals surface area contributed by atoms with Crippen molar-refractivity contribution in [1.82, 2.24) is 10.2 Å². The van der Waals surface area contributed by atoms with Gasteiger partial charge in [-0.15, -0.1) is 10.2 Å². The number of ether oxygens (including phenoxy) is 1. The maximum atomic E-state index is 5.62. The third kappa shape index (κ3) is 3.45. The van der Waals surface area contributed by atoms with Crippen LogP contribution >= 0.6 is 0 Å². The number of oxime groups is 1. The molecule has 0 spiro atoms. The Morgan fingerprint density at radius 1 is 1.30 bits per heavy atom. The summed E-state index contributed by atoms with van der Waals surface area (Å²) in [7, 11) is 0. The first-order valence-corrected chi connectivity index (χ1v) is 7.16. The van der Waals surface area contributed by atoms with Crippen LogP contribution in [0.2, 0.25) is 0 Å². The van der Waals surface area contributed by atoms with Crippen molar-refractivity contribution in [3.63, 3.8) is 0 Å². The largest absolute Gasteiger partial charge is 0.392 e. The van der Waals surface area contributed by atoms with Crippen molar-refractivity contribution in [3.8, 4) is 0 Å². The van der Waals surface area contributed by atoms with E-state index < -0.39 is 0 Å². The molecule has 2 aliphatic rings. The highest BCUT2D eigenvalue weighted by molar-refractivity contribution is 5.86. The van der Waals surface area contributed by atoms with Gasteiger partial charge in [0.1, 0.15) is 12.3 Å². The zero-order valence-corrected chi connectivity index (χ0v) is 11.5. The molecule has 107 valence electrons. The van der Waals surface area contributed by atoms with E-state index in [4.69, 9.17) is 9.57 Å². The molecule has 6 heteroatoms. The molecule has 0 saturated carbocycles. The van der Waals surface area contributed by atoms with Gasteiger partial charge in [0.15, 0.2) is 5.82 Å². The van der Waals surface area contributed by atoms with E-state index in [9.17, 15) is 0 Å². The smallest absolute Gasteiger partial charge is 0.151 e. The number of aromatic nitrogens is 2. The molecule has 2 aliphatic heterocycles. The number of hydrogen-bond acceptors (Lipinski definition) is 6. The van der Waals surface area contributed by atoms with Gasteiger partial charge in [-0.1, -0.05) is 5.16 Å². The zero-order chi connectivity index (χ0) is 13.6. The fourth-order valence-corrected chi connectivity index (χ4v) is 2.44. The topological polar surface area (TPSA) is 59.8 Å². The van der Waals surface area contributed by atoms with E-state index in [1.54, 1.807) is 6.07 Å². The van der Waals surface area contributed by atoms with Gasteiger partial charge in [-0.25, -0.2) is 0 Å². The average molecular weight is 275 g/mol. The number of piperidine rings is 1. The monoisotopic (exact) mass is 275 g/mol. The first-order chi connectivity index (χ1) is 9.92. The minimum Gasteiger partial charge on any atom is -0.392 e. The van der Waals surface area contributed by atoms with Crippen LogP contribution in [0.1, 0.15) is 25.7 Å². The van der Waals surface area contributed by atoms with Gasteiger partial charge in [0.05, 0.1) is 18.9 Å². The number of rotatable bonds is 3. The summed E-state index contributed by atoms with van der Waals surface area (Å²) in [5.74, 6) is 0.910. The summed E-state index contributed by atoms with van der Waals surface area (Å²) < 4.78 is 5.30. The molecule has 0 bridgehead atoms. The third-order valence-corrected chi connectivity index (χ3v) is 3.68. The van der Waals surface area contributed by atoms with Crippen molar-refractivity contribution in [2.75, 3.05) is 31.2 Å². The minimum absolute atomic E-state index is 0.227. The molecule has 0 atom stereocenters. The highest BCUT2D eigenvalue weighted by atomic mass is 16.6. The SMILES string of the molecule is [c]1ccc(N2CCC(=NOC3CCOCC3)CC2)nn1. The zero-order valence-electron chi connectivity index (χ0n) is 11.5. The highest BCUT2D eigenvalue weighted by Gasteiger charge is 2.19. The average Bonchev–Trinajstić information content (AvgIpc) is 2.55. The fourth-order valence-electron chi connectivity index (χ4n) is 2.44. The molecule has 0 aromatic carbocycles. The van der Waals surface area contributed by atoms with Gasteiger partial charge in [-0.3, -0.25) is 0 Å². The minimum atomic E-state index is 0.227. The van der Waals surface area contributed by atoms with E-state index in [2.05, 4.69) is 26.4 Å². The second-order valence-corrected chi connectivity index (χ2v) is 5.08. The van der Waals surface area contributed by atoms with Crippen molar-refractivity contribution in [2.24, 2.45) is 5.16 Å². The van der Waals surface area contributed by atoms with Gasteiger partial charge in [-0.05, 0) is 12.1 Å². The van der Waals surface area contributed by atoms with Crippen molar-refractivity contribution < 1.29 is 9.57 Å². The summed E-state index contributed by atoms with van der Waals surface area (Å²) in [5.41, 5.74) is 1.14. The Labute approximate surface area is 118 Å². The lowest BCUT2D eigenvalue weighted by atomic mass is 10.1. The molecule has 0 unspecified atom stereocenters. The summed E-state index contributed by atoms with van der Waals surface area (Å²) in [6.45, 7) is 3.39. The van der Waals surface area contributed by atoms with Gasteiger partial charge in [0.2, 0.25) is 0 Å². The Kier molecular flexibility index (Phi) is 4.42. The third-order valence-electron chi connectivity index (χ3n) is 3.68. The number of anilines is 1. The van der Waals surface area contributed by atoms with Crippen LogP contribution < -0.4 is 4.90 Å². The maximum absolute atomic E-state index is 5.62. The Balaban J connectivity index is 1.48. The normalized spacial score (nSPS) is 20.8. The molecule has 0 amide bonds. The highest BCUT2D eigenvalue weighted by Crippen LogP contribution is 2.16. The predicted molar refractivity (Wildman–Crippen MR) is 74.7 cm³/mol. The van der Waals surface area contributed by atoms with E-state index >= 15 is 0 Å². The summed E-state index contributed by atoms with van der Waals surface area (Å²) in [6.07, 6.45) is 6.65. The first-order valence-electron chi connectivity index (χ1n) is 7.16. The molecule has 2 fully saturated rings. The van der Waals surface area contributed by atoms with Crippen molar-refractivity contribution in [3.05, 3.63) is 18.3 Å². The first kappa shape index (κ1) is 13.3. The van der Waals surface area contributed by atoms with E-state index in [-0.39, 0.29) is 6.10 Å². The number of hydrogen-bond donors (Lipinski definition) is 0. The van der Waals surface area contributed by atoms with Crippen LogP contribution in [0.4, 0.5) is 5.82 Å². The molecule has 0 aliphatic carbocycles. The van der Waals surface area contributed by atoms with Gasteiger partial charge in [0.25, 0.3) is 0 Å². The Morgan fingerprint density at radius 3 is 2.80 bits per heavy atom. The van der Waals surface area contributed by atoms with E-state index in [1.165, 1.54) is 0 Å².